The lowest BCUT2D eigenvalue weighted by atomic mass is 10.00. The summed E-state index contributed by atoms with van der Waals surface area (Å²) in [7, 11) is 0. The number of benzene rings is 1. The van der Waals surface area contributed by atoms with Crippen molar-refractivity contribution in [3.63, 3.8) is 0 Å². The number of aliphatic carboxylic acids is 1. The highest BCUT2D eigenvalue weighted by molar-refractivity contribution is 5.77. The van der Waals surface area contributed by atoms with Crippen molar-refractivity contribution in [2.45, 2.75) is 45.3 Å². The van der Waals surface area contributed by atoms with Crippen molar-refractivity contribution in [2.75, 3.05) is 0 Å². The zero-order chi connectivity index (χ0) is 18.0. The fourth-order valence-electron chi connectivity index (χ4n) is 1.80. The Morgan fingerprint density at radius 2 is 1.83 bits per heavy atom. The number of hydrogen-bond donors (Lipinski definition) is 2. The van der Waals surface area contributed by atoms with Gasteiger partial charge in [0.15, 0.2) is 0 Å². The maximum atomic E-state index is 14.2. The molecule has 0 aliphatic heterocycles. The second-order valence-electron chi connectivity index (χ2n) is 5.96. The Bertz CT molecular complexity index is 611. The molecule has 0 bridgehead atoms. The molecule has 23 heavy (non-hydrogen) atoms. The predicted molar refractivity (Wildman–Crippen MR) is 75.7 cm³/mol. The summed E-state index contributed by atoms with van der Waals surface area (Å²) < 4.78 is 46.3. The van der Waals surface area contributed by atoms with Crippen LogP contribution in [-0.4, -0.2) is 22.8 Å². The van der Waals surface area contributed by atoms with E-state index in [-0.39, 0.29) is 5.56 Å². The molecule has 5 nitrogen and oxygen atoms in total. The van der Waals surface area contributed by atoms with Gasteiger partial charge in [0, 0.05) is 5.56 Å². The molecule has 1 aromatic rings. The van der Waals surface area contributed by atoms with Crippen LogP contribution in [0.4, 0.5) is 18.0 Å². The van der Waals surface area contributed by atoms with Gasteiger partial charge in [0.2, 0.25) is 0 Å². The van der Waals surface area contributed by atoms with Gasteiger partial charge in [-0.05, 0) is 33.8 Å². The Labute approximate surface area is 131 Å². The lowest BCUT2D eigenvalue weighted by Crippen LogP contribution is -2.34. The van der Waals surface area contributed by atoms with Crippen LogP contribution >= 0.6 is 0 Å². The van der Waals surface area contributed by atoms with Crippen LogP contribution in [0.1, 0.15) is 44.9 Å². The summed E-state index contributed by atoms with van der Waals surface area (Å²) in [5, 5.41) is 10.8. The summed E-state index contributed by atoms with van der Waals surface area (Å²) in [5.41, 5.74) is -2.31. The van der Waals surface area contributed by atoms with Crippen LogP contribution < -0.4 is 5.32 Å². The van der Waals surface area contributed by atoms with Crippen molar-refractivity contribution >= 4 is 12.1 Å². The average molecular weight is 333 g/mol. The molecule has 0 spiro atoms. The highest BCUT2D eigenvalue weighted by Crippen LogP contribution is 2.33. The van der Waals surface area contributed by atoms with Gasteiger partial charge in [-0.3, -0.25) is 0 Å². The van der Waals surface area contributed by atoms with Gasteiger partial charge in [-0.1, -0.05) is 12.1 Å². The van der Waals surface area contributed by atoms with Gasteiger partial charge >= 0.3 is 18.0 Å². The Morgan fingerprint density at radius 3 is 2.30 bits per heavy atom. The minimum absolute atomic E-state index is 0.269. The van der Waals surface area contributed by atoms with Gasteiger partial charge in [0.05, 0.1) is 11.6 Å². The summed E-state index contributed by atoms with van der Waals surface area (Å²) >= 11 is 0. The molecule has 0 heterocycles. The third kappa shape index (κ3) is 4.61. The van der Waals surface area contributed by atoms with Crippen LogP contribution in [0.2, 0.25) is 0 Å². The zero-order valence-electron chi connectivity index (χ0n) is 13.1. The third-order valence-corrected chi connectivity index (χ3v) is 2.84. The van der Waals surface area contributed by atoms with E-state index < -0.39 is 41.0 Å². The van der Waals surface area contributed by atoms with E-state index in [9.17, 15) is 22.8 Å². The normalized spacial score (nSPS) is 13.3. The molecule has 0 radical (unpaired) electrons. The minimum Gasteiger partial charge on any atom is -0.477 e. The molecule has 0 aliphatic rings. The lowest BCUT2D eigenvalue weighted by molar-refractivity contribution is -0.166. The van der Waals surface area contributed by atoms with Crippen molar-refractivity contribution < 1.29 is 32.6 Å². The van der Waals surface area contributed by atoms with Gasteiger partial charge in [0.25, 0.3) is 0 Å². The van der Waals surface area contributed by atoms with Crippen LogP contribution in [0.5, 0.6) is 0 Å². The fraction of sp³-hybridized carbons (Fsp3) is 0.467. The van der Waals surface area contributed by atoms with Crippen LogP contribution in [0, 0.1) is 5.82 Å². The Balaban J connectivity index is 3.06. The molecule has 128 valence electrons. The number of alkyl carbamates (subject to hydrolysis) is 1. The van der Waals surface area contributed by atoms with Crippen molar-refractivity contribution in [3.05, 3.63) is 35.1 Å². The number of amides is 1. The molecule has 8 heteroatoms. The number of carboxylic acids is 1. The molecule has 1 atom stereocenters. The van der Waals surface area contributed by atoms with Crippen LogP contribution in [0.25, 0.3) is 0 Å². The summed E-state index contributed by atoms with van der Waals surface area (Å²) in [5.74, 6) is -8.21. The number of halogens is 3. The molecule has 0 aromatic heterocycles. The van der Waals surface area contributed by atoms with Crippen LogP contribution in [0.15, 0.2) is 18.2 Å². The standard InChI is InChI=1S/C15H18F3NO4/c1-8(19-13(22)23-14(2,3)4)9-6-5-7-10(11(9)16)15(17,18)12(20)21/h5-8H,1-4H3,(H,19,22)(H,20,21)/t8-/m1/s1. The average Bonchev–Trinajstić information content (AvgIpc) is 2.35. The van der Waals surface area contributed by atoms with E-state index >= 15 is 0 Å². The summed E-state index contributed by atoms with van der Waals surface area (Å²) in [6.45, 7) is 6.26. The summed E-state index contributed by atoms with van der Waals surface area (Å²) in [6, 6.07) is 1.97. The predicted octanol–water partition coefficient (Wildman–Crippen LogP) is 3.59. The number of carboxylic acid groups (broad SMARTS) is 1. The molecule has 1 amide bonds. The van der Waals surface area contributed by atoms with Gasteiger partial charge < -0.3 is 15.2 Å². The van der Waals surface area contributed by atoms with Crippen molar-refractivity contribution in [3.8, 4) is 0 Å². The maximum absolute atomic E-state index is 14.2. The molecule has 0 unspecified atom stereocenters. The molecular formula is C15H18F3NO4. The first-order chi connectivity index (χ1) is 10.4. The number of carbonyl (C=O) groups is 2. The van der Waals surface area contributed by atoms with E-state index in [1.165, 1.54) is 13.0 Å². The Hall–Kier alpha value is -2.25. The van der Waals surface area contributed by atoms with E-state index in [4.69, 9.17) is 9.84 Å². The zero-order valence-corrected chi connectivity index (χ0v) is 13.1. The van der Waals surface area contributed by atoms with Crippen molar-refractivity contribution in [2.24, 2.45) is 0 Å². The Morgan fingerprint density at radius 1 is 1.26 bits per heavy atom. The number of ether oxygens (including phenoxy) is 1. The minimum atomic E-state index is -4.37. The van der Waals surface area contributed by atoms with Gasteiger partial charge in [-0.25, -0.2) is 14.0 Å². The van der Waals surface area contributed by atoms with Crippen molar-refractivity contribution in [1.82, 2.24) is 5.32 Å². The number of rotatable bonds is 4. The van der Waals surface area contributed by atoms with E-state index in [1.807, 2.05) is 0 Å². The highest BCUT2D eigenvalue weighted by atomic mass is 19.3. The third-order valence-electron chi connectivity index (χ3n) is 2.84. The first kappa shape index (κ1) is 18.8. The molecule has 0 saturated carbocycles. The molecule has 2 N–H and O–H groups in total. The first-order valence-electron chi connectivity index (χ1n) is 6.76. The summed E-state index contributed by atoms with van der Waals surface area (Å²) in [6.07, 6.45) is -0.847. The second-order valence-corrected chi connectivity index (χ2v) is 5.96. The fourth-order valence-corrected chi connectivity index (χ4v) is 1.80. The van der Waals surface area contributed by atoms with E-state index in [0.717, 1.165) is 6.07 Å². The van der Waals surface area contributed by atoms with E-state index in [1.54, 1.807) is 20.8 Å². The maximum Gasteiger partial charge on any atom is 0.408 e. The monoisotopic (exact) mass is 333 g/mol. The van der Waals surface area contributed by atoms with Crippen LogP contribution in [-0.2, 0) is 15.5 Å². The van der Waals surface area contributed by atoms with Gasteiger partial charge in [0.1, 0.15) is 11.4 Å². The SMILES string of the molecule is C[C@@H](NC(=O)OC(C)(C)C)c1cccc(C(F)(F)C(=O)O)c1F. The van der Waals surface area contributed by atoms with Crippen LogP contribution in [0.3, 0.4) is 0 Å². The number of carbonyl (C=O) groups excluding carboxylic acids is 1. The summed E-state index contributed by atoms with van der Waals surface area (Å²) in [4.78, 5) is 22.2. The number of hydrogen-bond acceptors (Lipinski definition) is 3. The highest BCUT2D eigenvalue weighted by Gasteiger charge is 2.44. The molecule has 0 fully saturated rings. The van der Waals surface area contributed by atoms with E-state index in [2.05, 4.69) is 5.32 Å². The molecule has 0 aliphatic carbocycles. The largest absolute Gasteiger partial charge is 0.477 e. The molecule has 1 rings (SSSR count). The van der Waals surface area contributed by atoms with Crippen molar-refractivity contribution in [1.29, 1.82) is 0 Å². The van der Waals surface area contributed by atoms with Gasteiger partial charge in [-0.2, -0.15) is 8.78 Å². The van der Waals surface area contributed by atoms with Gasteiger partial charge in [-0.15, -0.1) is 0 Å². The lowest BCUT2D eigenvalue weighted by Gasteiger charge is -2.23. The number of alkyl halides is 2. The molecule has 0 saturated heterocycles. The second kappa shape index (κ2) is 6.47. The topological polar surface area (TPSA) is 75.6 Å². The number of nitrogens with one attached hydrogen (secondary N) is 1. The Kier molecular flexibility index (Phi) is 5.29. The smallest absolute Gasteiger partial charge is 0.408 e. The first-order valence-corrected chi connectivity index (χ1v) is 6.76. The molecule has 1 aromatic carbocycles. The quantitative estimate of drug-likeness (QED) is 0.883. The molecular weight excluding hydrogens is 315 g/mol. The van der Waals surface area contributed by atoms with E-state index in [0.29, 0.717) is 6.07 Å².